The van der Waals surface area contributed by atoms with Gasteiger partial charge in [-0.3, -0.25) is 9.78 Å². The van der Waals surface area contributed by atoms with Crippen LogP contribution in [0.1, 0.15) is 58.9 Å². The Balaban J connectivity index is 1.27. The molecule has 0 aliphatic rings. The van der Waals surface area contributed by atoms with Crippen molar-refractivity contribution in [1.29, 1.82) is 5.26 Å². The number of pyridine rings is 1. The van der Waals surface area contributed by atoms with Crippen molar-refractivity contribution in [2.75, 3.05) is 26.3 Å². The number of nitrogens with zero attached hydrogens (tertiary/aromatic N) is 3. The zero-order valence-corrected chi connectivity index (χ0v) is 32.4. The van der Waals surface area contributed by atoms with Crippen molar-refractivity contribution in [3.8, 4) is 45.6 Å². The largest absolute Gasteiger partial charge is 0.492 e. The predicted molar refractivity (Wildman–Crippen MR) is 212 cm³/mol. The van der Waals surface area contributed by atoms with E-state index in [2.05, 4.69) is 43.1 Å². The number of hydrogen-bond donors (Lipinski definition) is 1. The van der Waals surface area contributed by atoms with Crippen LogP contribution in [-0.4, -0.2) is 59.3 Å². The van der Waals surface area contributed by atoms with Crippen LogP contribution in [0.15, 0.2) is 91.3 Å². The van der Waals surface area contributed by atoms with Gasteiger partial charge in [-0.25, -0.2) is 4.79 Å². The number of nitriles is 1. The Hall–Kier alpha value is -5.89. The monoisotopic (exact) mass is 761 g/mol. The molecular formula is C44H44ClN3O7. The number of benzene rings is 4. The molecule has 0 saturated heterocycles. The first kappa shape index (κ1) is 40.3. The number of hydrogen-bond acceptors (Lipinski definition) is 9. The smallest absolute Gasteiger partial charge is 0.410 e. The van der Waals surface area contributed by atoms with Crippen molar-refractivity contribution in [3.05, 3.63) is 130 Å². The lowest BCUT2D eigenvalue weighted by Gasteiger charge is -2.27. The first-order valence-electron chi connectivity index (χ1n) is 17.8. The second kappa shape index (κ2) is 18.4. The highest BCUT2D eigenvalue weighted by molar-refractivity contribution is 6.32. The lowest BCUT2D eigenvalue weighted by Crippen LogP contribution is -2.40. The average Bonchev–Trinajstić information content (AvgIpc) is 3.17. The zero-order chi connectivity index (χ0) is 39.5. The molecule has 1 heterocycles. The van der Waals surface area contributed by atoms with E-state index in [9.17, 15) is 20.0 Å². The van der Waals surface area contributed by atoms with E-state index in [1.807, 2.05) is 42.5 Å². The van der Waals surface area contributed by atoms with E-state index < -0.39 is 11.7 Å². The number of halogens is 1. The summed E-state index contributed by atoms with van der Waals surface area (Å²) in [5.74, 6) is 1.33. The quantitative estimate of drug-likeness (QED) is 0.104. The molecule has 0 aliphatic heterocycles. The first-order chi connectivity index (χ1) is 26.4. The van der Waals surface area contributed by atoms with Gasteiger partial charge in [0.25, 0.3) is 0 Å². The number of aldehydes is 1. The molecule has 1 amide bonds. The highest BCUT2D eigenvalue weighted by Gasteiger charge is 2.22. The number of carbonyl (C=O) groups excluding carboxylic acids is 2. The summed E-state index contributed by atoms with van der Waals surface area (Å²) >= 11 is 6.54. The fourth-order valence-electron chi connectivity index (χ4n) is 5.94. The number of aliphatic hydroxyl groups excluding tert-OH is 1. The third kappa shape index (κ3) is 10.6. The zero-order valence-electron chi connectivity index (χ0n) is 31.6. The fraction of sp³-hybridized carbons (Fsp3) is 0.273. The Kier molecular flexibility index (Phi) is 13.5. The van der Waals surface area contributed by atoms with Crippen LogP contribution in [0.3, 0.4) is 0 Å². The van der Waals surface area contributed by atoms with Crippen LogP contribution < -0.4 is 14.2 Å². The summed E-state index contributed by atoms with van der Waals surface area (Å²) in [5, 5.41) is 18.9. The van der Waals surface area contributed by atoms with Crippen LogP contribution in [0.4, 0.5) is 4.79 Å². The minimum absolute atomic E-state index is 0.101. The van der Waals surface area contributed by atoms with Gasteiger partial charge in [0.1, 0.15) is 48.7 Å². The number of carbonyl (C=O) groups is 2. The maximum Gasteiger partial charge on any atom is 0.410 e. The second-order valence-corrected chi connectivity index (χ2v) is 14.2. The summed E-state index contributed by atoms with van der Waals surface area (Å²) in [4.78, 5) is 29.8. The predicted octanol–water partition coefficient (Wildman–Crippen LogP) is 9.14. The van der Waals surface area contributed by atoms with Crippen molar-refractivity contribution >= 4 is 24.0 Å². The van der Waals surface area contributed by atoms with Gasteiger partial charge in [-0.1, -0.05) is 60.1 Å². The molecule has 0 atom stereocenters. The molecule has 10 nitrogen and oxygen atoms in total. The van der Waals surface area contributed by atoms with Gasteiger partial charge >= 0.3 is 6.09 Å². The Labute approximate surface area is 326 Å². The Morgan fingerprint density at radius 2 is 1.56 bits per heavy atom. The van der Waals surface area contributed by atoms with Crippen LogP contribution in [-0.2, 0) is 18.0 Å². The molecular weight excluding hydrogens is 718 g/mol. The Morgan fingerprint density at radius 1 is 0.873 bits per heavy atom. The number of aromatic nitrogens is 1. The Morgan fingerprint density at radius 3 is 2.25 bits per heavy atom. The van der Waals surface area contributed by atoms with Crippen molar-refractivity contribution in [3.63, 3.8) is 0 Å². The summed E-state index contributed by atoms with van der Waals surface area (Å²) in [7, 11) is 0. The molecule has 284 valence electrons. The average molecular weight is 762 g/mol. The van der Waals surface area contributed by atoms with Crippen LogP contribution in [0.25, 0.3) is 22.3 Å². The molecule has 5 aromatic rings. The molecule has 0 fully saturated rings. The maximum absolute atomic E-state index is 12.5. The van der Waals surface area contributed by atoms with Gasteiger partial charge in [0.05, 0.1) is 29.3 Å². The van der Waals surface area contributed by atoms with Gasteiger partial charge in [0, 0.05) is 30.6 Å². The van der Waals surface area contributed by atoms with E-state index in [-0.39, 0.29) is 50.1 Å². The van der Waals surface area contributed by atoms with Crippen LogP contribution in [0.5, 0.6) is 17.2 Å². The first-order valence-corrected chi connectivity index (χ1v) is 18.2. The molecule has 0 saturated carbocycles. The Bertz CT molecular complexity index is 2170. The number of amides is 1. The summed E-state index contributed by atoms with van der Waals surface area (Å²) in [5.41, 5.74) is 8.12. The van der Waals surface area contributed by atoms with Gasteiger partial charge in [-0.2, -0.15) is 5.26 Å². The molecule has 0 radical (unpaired) electrons. The van der Waals surface area contributed by atoms with Crippen molar-refractivity contribution in [2.24, 2.45) is 0 Å². The third-order valence-corrected chi connectivity index (χ3v) is 9.07. The van der Waals surface area contributed by atoms with Crippen LogP contribution in [0.2, 0.25) is 5.02 Å². The fourth-order valence-corrected chi connectivity index (χ4v) is 6.17. The summed E-state index contributed by atoms with van der Waals surface area (Å²) in [6.07, 6.45) is 3.25. The molecule has 5 rings (SSSR count). The topological polar surface area (TPSA) is 131 Å². The normalized spacial score (nSPS) is 11.0. The van der Waals surface area contributed by atoms with Crippen LogP contribution in [0, 0.1) is 25.2 Å². The molecule has 55 heavy (non-hydrogen) atoms. The van der Waals surface area contributed by atoms with Crippen LogP contribution >= 0.6 is 11.6 Å². The van der Waals surface area contributed by atoms with Gasteiger partial charge < -0.3 is 29.0 Å². The van der Waals surface area contributed by atoms with Gasteiger partial charge in [-0.05, 0) is 97.8 Å². The molecule has 1 N–H and O–H groups in total. The molecule has 0 unspecified atom stereocenters. The second-order valence-electron chi connectivity index (χ2n) is 13.8. The summed E-state index contributed by atoms with van der Waals surface area (Å²) in [6, 6.07) is 27.0. The van der Waals surface area contributed by atoms with E-state index >= 15 is 0 Å². The number of aliphatic hydroxyl groups is 1. The van der Waals surface area contributed by atoms with E-state index in [0.717, 1.165) is 38.9 Å². The molecule has 4 aromatic carbocycles. The van der Waals surface area contributed by atoms with E-state index in [0.29, 0.717) is 34.7 Å². The van der Waals surface area contributed by atoms with Gasteiger partial charge in [0.15, 0.2) is 6.29 Å². The molecule has 0 spiro atoms. The molecule has 11 heteroatoms. The molecule has 1 aromatic heterocycles. The molecule has 0 bridgehead atoms. The highest BCUT2D eigenvalue weighted by atomic mass is 35.5. The summed E-state index contributed by atoms with van der Waals surface area (Å²) in [6.45, 7) is 10.4. The summed E-state index contributed by atoms with van der Waals surface area (Å²) < 4.78 is 23.5. The number of rotatable bonds is 15. The molecule has 0 aliphatic carbocycles. The minimum Gasteiger partial charge on any atom is -0.492 e. The van der Waals surface area contributed by atoms with E-state index in [4.69, 9.17) is 30.5 Å². The maximum atomic E-state index is 12.5. The highest BCUT2D eigenvalue weighted by Crippen LogP contribution is 2.37. The van der Waals surface area contributed by atoms with Gasteiger partial charge in [0.2, 0.25) is 0 Å². The lowest BCUT2D eigenvalue weighted by atomic mass is 9.89. The third-order valence-electron chi connectivity index (χ3n) is 8.78. The van der Waals surface area contributed by atoms with Crippen molar-refractivity contribution in [1.82, 2.24) is 9.88 Å². The van der Waals surface area contributed by atoms with E-state index in [1.165, 1.54) is 17.2 Å². The SMILES string of the molecule is Cc1c(COc2cc(OCc3cncc(C#N)c3)c(C=O)cc2Cl)cccc1-c1cccc(-c2ccc(OCCN(CCO)C(=O)OC(C)(C)C)cc2)c1C. The van der Waals surface area contributed by atoms with E-state index in [1.54, 1.807) is 39.1 Å². The standard InChI is InChI=1S/C44H44ClN3O7/c1-29-34(28-54-42-22-41(35(26-50)21-40(42)45)53-27-32-20-31(23-46)24-47-25-32)8-6-10-38(29)39-11-7-9-37(30(39)2)33-12-14-36(15-13-33)52-19-17-48(16-18-49)43(51)55-44(3,4)5/h6-15,20-22,24-26,49H,16-19,27-28H2,1-5H3. The van der Waals surface area contributed by atoms with Gasteiger partial charge in [-0.15, -0.1) is 0 Å². The number of ether oxygens (including phenoxy) is 4. The van der Waals surface area contributed by atoms with Crippen molar-refractivity contribution in [2.45, 2.75) is 53.4 Å². The van der Waals surface area contributed by atoms with Crippen molar-refractivity contribution < 1.29 is 33.6 Å². The lowest BCUT2D eigenvalue weighted by molar-refractivity contribution is 0.0194. The minimum atomic E-state index is -0.635.